The number of imidazole rings is 1. The zero-order valence-corrected chi connectivity index (χ0v) is 11.7. The number of rotatable bonds is 1. The largest absolute Gasteiger partial charge is 0.397 e. The van der Waals surface area contributed by atoms with Crippen molar-refractivity contribution in [3.63, 3.8) is 0 Å². The van der Waals surface area contributed by atoms with Crippen LogP contribution in [-0.2, 0) is 0 Å². The summed E-state index contributed by atoms with van der Waals surface area (Å²) in [6.07, 6.45) is 0. The van der Waals surface area contributed by atoms with E-state index in [2.05, 4.69) is 25.9 Å². The lowest BCUT2D eigenvalue weighted by molar-refractivity contribution is 1.36. The van der Waals surface area contributed by atoms with Crippen molar-refractivity contribution in [1.82, 2.24) is 9.97 Å². The molecule has 86 valence electrons. The molecule has 0 amide bonds. The van der Waals surface area contributed by atoms with Gasteiger partial charge in [-0.1, -0.05) is 27.5 Å². The summed E-state index contributed by atoms with van der Waals surface area (Å²) in [6, 6.07) is 5.64. The average Bonchev–Trinajstić information content (AvgIpc) is 2.83. The zero-order valence-electron chi connectivity index (χ0n) is 8.50. The SMILES string of the molecule is Nc1cc(Br)cc2[nH]c(-c3sccc3Cl)nc12. The van der Waals surface area contributed by atoms with Gasteiger partial charge in [-0.25, -0.2) is 4.98 Å². The van der Waals surface area contributed by atoms with Crippen LogP contribution in [0.15, 0.2) is 28.1 Å². The van der Waals surface area contributed by atoms with Crippen molar-refractivity contribution in [2.45, 2.75) is 0 Å². The number of aromatic amines is 1. The van der Waals surface area contributed by atoms with Gasteiger partial charge in [0, 0.05) is 4.47 Å². The number of hydrogen-bond donors (Lipinski definition) is 2. The summed E-state index contributed by atoms with van der Waals surface area (Å²) < 4.78 is 0.926. The molecule has 3 rings (SSSR count). The van der Waals surface area contributed by atoms with Crippen LogP contribution in [0.2, 0.25) is 5.02 Å². The first-order valence-electron chi connectivity index (χ1n) is 4.83. The molecular formula is C11H7BrClN3S. The van der Waals surface area contributed by atoms with Gasteiger partial charge in [-0.2, -0.15) is 0 Å². The van der Waals surface area contributed by atoms with Gasteiger partial charge in [0.15, 0.2) is 0 Å². The summed E-state index contributed by atoms with van der Waals surface area (Å²) in [5.74, 6) is 0.754. The van der Waals surface area contributed by atoms with Crippen LogP contribution in [0.5, 0.6) is 0 Å². The van der Waals surface area contributed by atoms with Crippen molar-refractivity contribution < 1.29 is 0 Å². The van der Waals surface area contributed by atoms with E-state index in [1.165, 1.54) is 0 Å². The number of thiophene rings is 1. The second kappa shape index (κ2) is 4.01. The molecule has 17 heavy (non-hydrogen) atoms. The van der Waals surface area contributed by atoms with Gasteiger partial charge in [-0.05, 0) is 23.6 Å². The molecule has 0 saturated carbocycles. The van der Waals surface area contributed by atoms with Gasteiger partial charge >= 0.3 is 0 Å². The number of aromatic nitrogens is 2. The Morgan fingerprint density at radius 2 is 2.24 bits per heavy atom. The van der Waals surface area contributed by atoms with Crippen LogP contribution in [-0.4, -0.2) is 9.97 Å². The van der Waals surface area contributed by atoms with Crippen molar-refractivity contribution in [3.8, 4) is 10.7 Å². The molecule has 0 aliphatic carbocycles. The van der Waals surface area contributed by atoms with Crippen LogP contribution in [0.3, 0.4) is 0 Å². The third-order valence-corrected chi connectivity index (χ3v) is 4.22. The molecule has 0 fully saturated rings. The molecule has 3 N–H and O–H groups in total. The van der Waals surface area contributed by atoms with E-state index in [-0.39, 0.29) is 0 Å². The standard InChI is InChI=1S/C11H7BrClN3S/c12-5-3-7(14)9-8(4-5)15-11(16-9)10-6(13)1-2-17-10/h1-4H,14H2,(H,15,16). The highest BCUT2D eigenvalue weighted by molar-refractivity contribution is 9.10. The highest BCUT2D eigenvalue weighted by atomic mass is 79.9. The number of H-pyrrole nitrogens is 1. The topological polar surface area (TPSA) is 54.7 Å². The van der Waals surface area contributed by atoms with E-state index >= 15 is 0 Å². The maximum Gasteiger partial charge on any atom is 0.150 e. The van der Waals surface area contributed by atoms with Gasteiger partial charge in [-0.3, -0.25) is 0 Å². The maximum absolute atomic E-state index is 6.08. The normalized spacial score (nSPS) is 11.2. The van der Waals surface area contributed by atoms with E-state index in [1.54, 1.807) is 11.3 Å². The van der Waals surface area contributed by atoms with Crippen molar-refractivity contribution in [3.05, 3.63) is 33.1 Å². The number of fused-ring (bicyclic) bond motifs is 1. The van der Waals surface area contributed by atoms with Crippen molar-refractivity contribution in [2.24, 2.45) is 0 Å². The first kappa shape index (κ1) is 11.1. The second-order valence-corrected chi connectivity index (χ2v) is 5.81. The summed E-state index contributed by atoms with van der Waals surface area (Å²) in [7, 11) is 0. The van der Waals surface area contributed by atoms with E-state index in [9.17, 15) is 0 Å². The van der Waals surface area contributed by atoms with Gasteiger partial charge < -0.3 is 10.7 Å². The predicted octanol–water partition coefficient (Wildman–Crippen LogP) is 4.29. The van der Waals surface area contributed by atoms with Crippen molar-refractivity contribution in [2.75, 3.05) is 5.73 Å². The number of nitrogens with two attached hydrogens (primary N) is 1. The van der Waals surface area contributed by atoms with E-state index in [0.717, 1.165) is 26.2 Å². The fourth-order valence-electron chi connectivity index (χ4n) is 1.68. The van der Waals surface area contributed by atoms with E-state index < -0.39 is 0 Å². The number of nitrogens with zero attached hydrogens (tertiary/aromatic N) is 1. The van der Waals surface area contributed by atoms with E-state index in [4.69, 9.17) is 17.3 Å². The zero-order chi connectivity index (χ0) is 12.0. The second-order valence-electron chi connectivity index (χ2n) is 3.57. The third-order valence-electron chi connectivity index (χ3n) is 2.41. The molecule has 1 aromatic carbocycles. The Kier molecular flexibility index (Phi) is 2.61. The van der Waals surface area contributed by atoms with Gasteiger partial charge in [0.2, 0.25) is 0 Å². The minimum atomic E-state index is 0.643. The number of nitrogen functional groups attached to an aromatic ring is 1. The molecule has 0 unspecified atom stereocenters. The van der Waals surface area contributed by atoms with Gasteiger partial charge in [0.25, 0.3) is 0 Å². The lowest BCUT2D eigenvalue weighted by Gasteiger charge is -1.94. The molecule has 2 heterocycles. The van der Waals surface area contributed by atoms with Gasteiger partial charge in [0.1, 0.15) is 11.3 Å². The quantitative estimate of drug-likeness (QED) is 0.655. The molecule has 0 saturated heterocycles. The molecule has 0 spiro atoms. The van der Waals surface area contributed by atoms with Crippen LogP contribution in [0.1, 0.15) is 0 Å². The number of benzene rings is 1. The maximum atomic E-state index is 6.08. The smallest absolute Gasteiger partial charge is 0.150 e. The minimum Gasteiger partial charge on any atom is -0.397 e. The monoisotopic (exact) mass is 327 g/mol. The van der Waals surface area contributed by atoms with Gasteiger partial charge in [-0.15, -0.1) is 11.3 Å². The summed E-state index contributed by atoms with van der Waals surface area (Å²) in [5, 5.41) is 2.64. The molecular weight excluding hydrogens is 322 g/mol. The highest BCUT2D eigenvalue weighted by Gasteiger charge is 2.12. The van der Waals surface area contributed by atoms with Crippen LogP contribution < -0.4 is 5.73 Å². The Morgan fingerprint density at radius 1 is 1.41 bits per heavy atom. The molecule has 3 aromatic rings. The fourth-order valence-corrected chi connectivity index (χ4v) is 3.24. The minimum absolute atomic E-state index is 0.643. The highest BCUT2D eigenvalue weighted by Crippen LogP contribution is 2.34. The number of anilines is 1. The van der Waals surface area contributed by atoms with Crippen molar-refractivity contribution in [1.29, 1.82) is 0 Å². The Bertz CT molecular complexity index is 704. The molecule has 3 nitrogen and oxygen atoms in total. The Morgan fingerprint density at radius 3 is 2.94 bits per heavy atom. The predicted molar refractivity (Wildman–Crippen MR) is 76.5 cm³/mol. The summed E-state index contributed by atoms with van der Waals surface area (Å²) >= 11 is 11.0. The molecule has 0 bridgehead atoms. The Hall–Kier alpha value is -1.04. The number of halogens is 2. The lowest BCUT2D eigenvalue weighted by Crippen LogP contribution is -1.86. The number of hydrogen-bond acceptors (Lipinski definition) is 3. The summed E-state index contributed by atoms with van der Waals surface area (Å²) in [5.41, 5.74) is 8.23. The van der Waals surface area contributed by atoms with Crippen LogP contribution >= 0.6 is 38.9 Å². The summed E-state index contributed by atoms with van der Waals surface area (Å²) in [4.78, 5) is 8.64. The third kappa shape index (κ3) is 1.84. The molecule has 0 radical (unpaired) electrons. The van der Waals surface area contributed by atoms with Crippen molar-refractivity contribution >= 4 is 55.6 Å². The van der Waals surface area contributed by atoms with Gasteiger partial charge in [0.05, 0.1) is 21.1 Å². The number of nitrogens with one attached hydrogen (secondary N) is 1. The fraction of sp³-hybridized carbons (Fsp3) is 0. The lowest BCUT2D eigenvalue weighted by atomic mass is 10.3. The molecule has 0 aliphatic rings. The van der Waals surface area contributed by atoms with Crippen LogP contribution in [0.25, 0.3) is 21.7 Å². The first-order chi connectivity index (χ1) is 8.15. The summed E-state index contributed by atoms with van der Waals surface area (Å²) in [6.45, 7) is 0. The molecule has 2 aromatic heterocycles. The molecule has 0 aliphatic heterocycles. The van der Waals surface area contributed by atoms with Crippen LogP contribution in [0.4, 0.5) is 5.69 Å². The molecule has 0 atom stereocenters. The van der Waals surface area contributed by atoms with E-state index in [1.807, 2.05) is 23.6 Å². The molecule has 6 heteroatoms. The average molecular weight is 329 g/mol. The Labute approximate surface area is 115 Å². The van der Waals surface area contributed by atoms with E-state index in [0.29, 0.717) is 10.7 Å². The Balaban J connectivity index is 2.27. The van der Waals surface area contributed by atoms with Crippen LogP contribution in [0, 0.1) is 0 Å². The first-order valence-corrected chi connectivity index (χ1v) is 6.88.